The Kier molecular flexibility index (Phi) is 8.51. The number of nitriles is 1. The number of hydrogen-bond acceptors (Lipinski definition) is 5. The van der Waals surface area contributed by atoms with E-state index in [-0.39, 0.29) is 10.5 Å². The fraction of sp³-hybridized carbons (Fsp3) is 0.333. The third-order valence-electron chi connectivity index (χ3n) is 4.63. The summed E-state index contributed by atoms with van der Waals surface area (Å²) < 4.78 is 89.9. The zero-order chi connectivity index (χ0) is 24.8. The summed E-state index contributed by atoms with van der Waals surface area (Å²) in [6.45, 7) is -0.538. The highest BCUT2D eigenvalue weighted by atomic mass is 32.2. The Morgan fingerprint density at radius 3 is 1.97 bits per heavy atom. The number of amides is 1. The average molecular weight is 489 g/mol. The van der Waals surface area contributed by atoms with Gasteiger partial charge in [-0.1, -0.05) is 36.4 Å². The second-order valence-electron chi connectivity index (χ2n) is 7.12. The standard InChI is InChI=1S/C21H20F5N3O3S/c1-33(31,32)16-8-6-14(7-9-16)13-2-4-15(5-3-13)19(21(24,25)26)29-17(12-18(22)23)20(30)28-11-10-27/h2-9,17-19,29H,11-12H2,1H3,(H,28,30)/t17?,19-/m0/s1. The Hall–Kier alpha value is -3.04. The molecule has 2 aromatic rings. The van der Waals surface area contributed by atoms with Crippen molar-refractivity contribution >= 4 is 15.7 Å². The number of sulfone groups is 1. The normalized spacial score (nSPS) is 13.9. The molecular formula is C21H20F5N3O3S. The van der Waals surface area contributed by atoms with Gasteiger partial charge in [-0.25, -0.2) is 17.2 Å². The van der Waals surface area contributed by atoms with Crippen LogP contribution in [0.3, 0.4) is 0 Å². The number of nitrogens with one attached hydrogen (secondary N) is 2. The van der Waals surface area contributed by atoms with Gasteiger partial charge in [0.1, 0.15) is 12.6 Å². The van der Waals surface area contributed by atoms with E-state index < -0.39 is 53.4 Å². The molecule has 0 aliphatic rings. The summed E-state index contributed by atoms with van der Waals surface area (Å²) in [6, 6.07) is 8.00. The van der Waals surface area contributed by atoms with Crippen molar-refractivity contribution in [3.63, 3.8) is 0 Å². The van der Waals surface area contributed by atoms with Gasteiger partial charge >= 0.3 is 6.18 Å². The van der Waals surface area contributed by atoms with Crippen LogP contribution in [0.15, 0.2) is 53.4 Å². The van der Waals surface area contributed by atoms with Gasteiger partial charge < -0.3 is 5.32 Å². The molecule has 0 spiro atoms. The van der Waals surface area contributed by atoms with Gasteiger partial charge in [-0.3, -0.25) is 10.1 Å². The molecule has 0 radical (unpaired) electrons. The van der Waals surface area contributed by atoms with Crippen molar-refractivity contribution in [3.8, 4) is 17.2 Å². The van der Waals surface area contributed by atoms with Crippen LogP contribution in [0.4, 0.5) is 22.0 Å². The van der Waals surface area contributed by atoms with Crippen molar-refractivity contribution < 1.29 is 35.2 Å². The highest BCUT2D eigenvalue weighted by Crippen LogP contribution is 2.34. The molecule has 0 aliphatic heterocycles. The van der Waals surface area contributed by atoms with E-state index in [1.54, 1.807) is 6.07 Å². The molecule has 2 N–H and O–H groups in total. The summed E-state index contributed by atoms with van der Waals surface area (Å²) in [7, 11) is -3.41. The highest BCUT2D eigenvalue weighted by molar-refractivity contribution is 7.90. The number of carbonyl (C=O) groups is 1. The second kappa shape index (κ2) is 10.7. The minimum absolute atomic E-state index is 0.0870. The summed E-state index contributed by atoms with van der Waals surface area (Å²) in [5, 5.41) is 12.4. The molecule has 33 heavy (non-hydrogen) atoms. The Morgan fingerprint density at radius 2 is 1.55 bits per heavy atom. The van der Waals surface area contributed by atoms with Gasteiger partial charge in [0.05, 0.1) is 17.0 Å². The molecule has 1 amide bonds. The zero-order valence-electron chi connectivity index (χ0n) is 17.2. The third kappa shape index (κ3) is 7.50. The molecule has 0 aromatic heterocycles. The van der Waals surface area contributed by atoms with Crippen LogP contribution in [-0.2, 0) is 14.6 Å². The van der Waals surface area contributed by atoms with E-state index in [1.807, 2.05) is 10.6 Å². The number of rotatable bonds is 9. The smallest absolute Gasteiger partial charge is 0.342 e. The summed E-state index contributed by atoms with van der Waals surface area (Å²) in [4.78, 5) is 12.1. The van der Waals surface area contributed by atoms with Crippen molar-refractivity contribution in [2.75, 3.05) is 12.8 Å². The molecule has 178 valence electrons. The average Bonchev–Trinajstić information content (AvgIpc) is 2.73. The predicted octanol–water partition coefficient (Wildman–Crippen LogP) is 3.61. The summed E-state index contributed by atoms with van der Waals surface area (Å²) in [6.07, 6.45) is -8.09. The van der Waals surface area contributed by atoms with Crippen molar-refractivity contribution in [3.05, 3.63) is 54.1 Å². The maximum atomic E-state index is 13.7. The van der Waals surface area contributed by atoms with E-state index in [9.17, 15) is 35.2 Å². The van der Waals surface area contributed by atoms with Crippen LogP contribution in [-0.4, -0.2) is 45.8 Å². The Labute approximate surface area is 187 Å². The maximum Gasteiger partial charge on any atom is 0.407 e. The Morgan fingerprint density at radius 1 is 1.03 bits per heavy atom. The molecule has 12 heteroatoms. The van der Waals surface area contributed by atoms with Gasteiger partial charge in [0, 0.05) is 12.7 Å². The summed E-state index contributed by atoms with van der Waals surface area (Å²) in [5.41, 5.74) is 0.735. The molecule has 0 heterocycles. The fourth-order valence-corrected chi connectivity index (χ4v) is 3.65. The minimum atomic E-state index is -4.91. The van der Waals surface area contributed by atoms with Crippen LogP contribution in [0, 0.1) is 11.3 Å². The monoisotopic (exact) mass is 489 g/mol. The first-order valence-corrected chi connectivity index (χ1v) is 11.4. The van der Waals surface area contributed by atoms with Crippen molar-refractivity contribution in [1.82, 2.24) is 10.6 Å². The fourth-order valence-electron chi connectivity index (χ4n) is 3.02. The van der Waals surface area contributed by atoms with Crippen molar-refractivity contribution in [1.29, 1.82) is 5.26 Å². The molecule has 0 saturated heterocycles. The van der Waals surface area contributed by atoms with Crippen molar-refractivity contribution in [2.24, 2.45) is 0 Å². The van der Waals surface area contributed by atoms with E-state index in [1.165, 1.54) is 36.4 Å². The van der Waals surface area contributed by atoms with E-state index in [0.717, 1.165) is 18.4 Å². The summed E-state index contributed by atoms with van der Waals surface area (Å²) in [5.74, 6) is -1.14. The van der Waals surface area contributed by atoms with E-state index in [0.29, 0.717) is 11.1 Å². The van der Waals surface area contributed by atoms with E-state index in [4.69, 9.17) is 5.26 Å². The lowest BCUT2D eigenvalue weighted by Crippen LogP contribution is -2.49. The first-order chi connectivity index (χ1) is 15.3. The molecule has 0 saturated carbocycles. The third-order valence-corrected chi connectivity index (χ3v) is 5.76. The van der Waals surface area contributed by atoms with Crippen LogP contribution >= 0.6 is 0 Å². The van der Waals surface area contributed by atoms with Gasteiger partial charge in [-0.2, -0.15) is 18.4 Å². The van der Waals surface area contributed by atoms with Gasteiger partial charge in [0.15, 0.2) is 9.84 Å². The van der Waals surface area contributed by atoms with Gasteiger partial charge in [0.25, 0.3) is 0 Å². The molecule has 0 aliphatic carbocycles. The number of nitrogens with zero attached hydrogens (tertiary/aromatic N) is 1. The lowest BCUT2D eigenvalue weighted by Gasteiger charge is -2.27. The molecule has 2 rings (SSSR count). The van der Waals surface area contributed by atoms with Crippen LogP contribution in [0.5, 0.6) is 0 Å². The van der Waals surface area contributed by atoms with Gasteiger partial charge in [0.2, 0.25) is 12.3 Å². The molecule has 2 aromatic carbocycles. The lowest BCUT2D eigenvalue weighted by atomic mass is 9.99. The van der Waals surface area contributed by atoms with Gasteiger partial charge in [-0.15, -0.1) is 0 Å². The number of hydrogen-bond donors (Lipinski definition) is 2. The first-order valence-electron chi connectivity index (χ1n) is 9.49. The number of carbonyl (C=O) groups excluding carboxylic acids is 1. The van der Waals surface area contributed by atoms with Crippen LogP contribution < -0.4 is 10.6 Å². The maximum absolute atomic E-state index is 13.7. The van der Waals surface area contributed by atoms with Crippen LogP contribution in [0.1, 0.15) is 18.0 Å². The Bertz CT molecular complexity index is 1100. The minimum Gasteiger partial charge on any atom is -0.342 e. The predicted molar refractivity (Wildman–Crippen MR) is 110 cm³/mol. The number of halogens is 5. The van der Waals surface area contributed by atoms with E-state index in [2.05, 4.69) is 0 Å². The number of alkyl halides is 5. The molecule has 2 atom stereocenters. The Balaban J connectivity index is 2.31. The molecule has 0 fully saturated rings. The van der Waals surface area contributed by atoms with Crippen LogP contribution in [0.25, 0.3) is 11.1 Å². The molecule has 0 bridgehead atoms. The SMILES string of the molecule is CS(=O)(=O)c1ccc(-c2ccc([C@H](NC(CC(F)F)C(=O)NCC#N)C(F)(F)F)cc2)cc1. The van der Waals surface area contributed by atoms with Crippen LogP contribution in [0.2, 0.25) is 0 Å². The highest BCUT2D eigenvalue weighted by Gasteiger charge is 2.43. The quantitative estimate of drug-likeness (QED) is 0.414. The first kappa shape index (κ1) is 26.2. The molecule has 1 unspecified atom stereocenters. The van der Waals surface area contributed by atoms with E-state index >= 15 is 0 Å². The van der Waals surface area contributed by atoms with Gasteiger partial charge in [-0.05, 0) is 28.8 Å². The second-order valence-corrected chi connectivity index (χ2v) is 9.13. The largest absolute Gasteiger partial charge is 0.407 e. The molecular weight excluding hydrogens is 469 g/mol. The van der Waals surface area contributed by atoms with Crippen molar-refractivity contribution in [2.45, 2.75) is 36.0 Å². The lowest BCUT2D eigenvalue weighted by molar-refractivity contribution is -0.161. The summed E-state index contributed by atoms with van der Waals surface area (Å²) >= 11 is 0. The topological polar surface area (TPSA) is 99.1 Å². The molecule has 6 nitrogen and oxygen atoms in total. The number of benzene rings is 2. The zero-order valence-corrected chi connectivity index (χ0v) is 18.1.